The van der Waals surface area contributed by atoms with E-state index in [0.29, 0.717) is 12.5 Å². The largest absolute Gasteiger partial charge is 0.494 e. The van der Waals surface area contributed by atoms with Crippen molar-refractivity contribution in [3.63, 3.8) is 0 Å². The van der Waals surface area contributed by atoms with Crippen LogP contribution in [0.3, 0.4) is 0 Å². The van der Waals surface area contributed by atoms with Gasteiger partial charge < -0.3 is 15.8 Å². The van der Waals surface area contributed by atoms with E-state index < -0.39 is 0 Å². The van der Waals surface area contributed by atoms with Gasteiger partial charge in [0.05, 0.1) is 12.6 Å². The highest BCUT2D eigenvalue weighted by molar-refractivity contribution is 5.85. The molecule has 0 aliphatic heterocycles. The predicted molar refractivity (Wildman–Crippen MR) is 95.9 cm³/mol. The lowest BCUT2D eigenvalue weighted by Crippen LogP contribution is -2.36. The van der Waals surface area contributed by atoms with E-state index in [4.69, 9.17) is 10.5 Å². The summed E-state index contributed by atoms with van der Waals surface area (Å²) in [6.07, 6.45) is 4.15. The Labute approximate surface area is 145 Å². The zero-order valence-corrected chi connectivity index (χ0v) is 14.9. The number of amides is 1. The average molecular weight is 341 g/mol. The number of rotatable bonds is 7. The summed E-state index contributed by atoms with van der Waals surface area (Å²) < 4.78 is 5.58. The molecule has 130 valence electrons. The van der Waals surface area contributed by atoms with Crippen LogP contribution in [0, 0.1) is 11.8 Å². The maximum absolute atomic E-state index is 12.4. The zero-order chi connectivity index (χ0) is 15.9. The second-order valence-corrected chi connectivity index (χ2v) is 6.18. The average Bonchev–Trinajstić information content (AvgIpc) is 3.02. The van der Waals surface area contributed by atoms with E-state index in [1.165, 1.54) is 0 Å². The first-order valence-corrected chi connectivity index (χ1v) is 8.39. The molecule has 1 amide bonds. The van der Waals surface area contributed by atoms with Crippen molar-refractivity contribution in [3.8, 4) is 5.75 Å². The summed E-state index contributed by atoms with van der Waals surface area (Å²) in [5, 5.41) is 3.13. The van der Waals surface area contributed by atoms with Crippen molar-refractivity contribution in [2.24, 2.45) is 17.6 Å². The SMILES string of the molecule is CCCOc1ccc(C(C)NC(=O)[C@@H]2CCC[C@@H]2CN)cc1.Cl. The van der Waals surface area contributed by atoms with Crippen LogP contribution in [0.4, 0.5) is 0 Å². The lowest BCUT2D eigenvalue weighted by atomic mass is 9.94. The first-order chi connectivity index (χ1) is 10.7. The van der Waals surface area contributed by atoms with Crippen LogP contribution in [0.25, 0.3) is 0 Å². The minimum absolute atomic E-state index is 0. The highest BCUT2D eigenvalue weighted by Crippen LogP contribution is 2.31. The van der Waals surface area contributed by atoms with E-state index in [-0.39, 0.29) is 30.3 Å². The van der Waals surface area contributed by atoms with Crippen LogP contribution in [0.15, 0.2) is 24.3 Å². The molecule has 0 spiro atoms. The smallest absolute Gasteiger partial charge is 0.223 e. The number of halogens is 1. The molecule has 1 aromatic carbocycles. The van der Waals surface area contributed by atoms with Gasteiger partial charge in [0.15, 0.2) is 0 Å². The van der Waals surface area contributed by atoms with Gasteiger partial charge in [-0.25, -0.2) is 0 Å². The van der Waals surface area contributed by atoms with Crippen molar-refractivity contribution >= 4 is 18.3 Å². The normalized spacial score (nSPS) is 21.3. The van der Waals surface area contributed by atoms with Crippen LogP contribution in [0.5, 0.6) is 5.75 Å². The van der Waals surface area contributed by atoms with Crippen LogP contribution >= 0.6 is 12.4 Å². The Bertz CT molecular complexity index is 478. The summed E-state index contributed by atoms with van der Waals surface area (Å²) in [5.74, 6) is 1.45. The fraction of sp³-hybridized carbons (Fsp3) is 0.611. The summed E-state index contributed by atoms with van der Waals surface area (Å²) in [6, 6.07) is 7.97. The van der Waals surface area contributed by atoms with Gasteiger partial charge in [-0.15, -0.1) is 12.4 Å². The Morgan fingerprint density at radius 3 is 2.65 bits per heavy atom. The molecule has 2 rings (SSSR count). The third-order valence-electron chi connectivity index (χ3n) is 4.51. The van der Waals surface area contributed by atoms with Crippen molar-refractivity contribution in [1.82, 2.24) is 5.32 Å². The van der Waals surface area contributed by atoms with Crippen LogP contribution in [-0.2, 0) is 4.79 Å². The number of hydrogen-bond acceptors (Lipinski definition) is 3. The number of nitrogens with one attached hydrogen (secondary N) is 1. The number of hydrogen-bond donors (Lipinski definition) is 2. The number of nitrogens with two attached hydrogens (primary N) is 1. The summed E-state index contributed by atoms with van der Waals surface area (Å²) in [7, 11) is 0. The molecule has 0 heterocycles. The van der Waals surface area contributed by atoms with Crippen LogP contribution in [0.2, 0.25) is 0 Å². The van der Waals surface area contributed by atoms with Crippen molar-refractivity contribution in [2.75, 3.05) is 13.2 Å². The molecule has 1 aromatic rings. The maximum atomic E-state index is 12.4. The molecule has 5 heteroatoms. The molecule has 0 radical (unpaired) electrons. The van der Waals surface area contributed by atoms with Gasteiger partial charge in [-0.1, -0.05) is 25.5 Å². The third-order valence-corrected chi connectivity index (χ3v) is 4.51. The third kappa shape index (κ3) is 5.40. The molecule has 3 N–H and O–H groups in total. The summed E-state index contributed by atoms with van der Waals surface area (Å²) >= 11 is 0. The van der Waals surface area contributed by atoms with Gasteiger partial charge in [0.1, 0.15) is 5.75 Å². The van der Waals surface area contributed by atoms with Gasteiger partial charge in [0, 0.05) is 5.92 Å². The maximum Gasteiger partial charge on any atom is 0.223 e. The van der Waals surface area contributed by atoms with Gasteiger partial charge in [-0.3, -0.25) is 4.79 Å². The lowest BCUT2D eigenvalue weighted by molar-refractivity contribution is -0.126. The Kier molecular flexibility index (Phi) is 8.42. The van der Waals surface area contributed by atoms with Crippen LogP contribution in [0.1, 0.15) is 51.1 Å². The van der Waals surface area contributed by atoms with E-state index in [1.54, 1.807) is 0 Å². The number of ether oxygens (including phenoxy) is 1. The second kappa shape index (κ2) is 9.78. The quantitative estimate of drug-likeness (QED) is 0.799. The molecule has 1 saturated carbocycles. The number of benzene rings is 1. The molecule has 4 nitrogen and oxygen atoms in total. The standard InChI is InChI=1S/C18H28N2O2.ClH/c1-3-11-22-16-9-7-14(8-10-16)13(2)20-18(21)17-6-4-5-15(17)12-19;/h7-10,13,15,17H,3-6,11-12,19H2,1-2H3,(H,20,21);1H/t13?,15-,17-;/m1./s1. The van der Waals surface area contributed by atoms with Crippen molar-refractivity contribution in [1.29, 1.82) is 0 Å². The first-order valence-electron chi connectivity index (χ1n) is 8.39. The fourth-order valence-corrected chi connectivity index (χ4v) is 3.14. The van der Waals surface area contributed by atoms with Crippen molar-refractivity contribution < 1.29 is 9.53 Å². The molecular weight excluding hydrogens is 312 g/mol. The Balaban J connectivity index is 0.00000264. The topological polar surface area (TPSA) is 64.3 Å². The van der Waals surface area contributed by atoms with Crippen LogP contribution < -0.4 is 15.8 Å². The van der Waals surface area contributed by atoms with Gasteiger partial charge in [0.2, 0.25) is 5.91 Å². The second-order valence-electron chi connectivity index (χ2n) is 6.18. The number of carbonyl (C=O) groups excluding carboxylic acids is 1. The van der Waals surface area contributed by atoms with Crippen molar-refractivity contribution in [3.05, 3.63) is 29.8 Å². The molecule has 1 unspecified atom stereocenters. The van der Waals surface area contributed by atoms with E-state index in [1.807, 2.05) is 31.2 Å². The van der Waals surface area contributed by atoms with E-state index in [0.717, 1.165) is 43.6 Å². The zero-order valence-electron chi connectivity index (χ0n) is 14.1. The van der Waals surface area contributed by atoms with Crippen molar-refractivity contribution in [2.45, 2.75) is 45.6 Å². The molecule has 0 aromatic heterocycles. The highest BCUT2D eigenvalue weighted by Gasteiger charge is 2.32. The molecular formula is C18H29ClN2O2. The van der Waals surface area contributed by atoms with Gasteiger partial charge >= 0.3 is 0 Å². The lowest BCUT2D eigenvalue weighted by Gasteiger charge is -2.21. The van der Waals surface area contributed by atoms with Crippen LogP contribution in [-0.4, -0.2) is 19.1 Å². The van der Waals surface area contributed by atoms with Gasteiger partial charge in [-0.05, 0) is 56.3 Å². The summed E-state index contributed by atoms with van der Waals surface area (Å²) in [4.78, 5) is 12.4. The Morgan fingerprint density at radius 2 is 2.04 bits per heavy atom. The molecule has 0 saturated heterocycles. The molecule has 1 aliphatic carbocycles. The highest BCUT2D eigenvalue weighted by atomic mass is 35.5. The summed E-state index contributed by atoms with van der Waals surface area (Å²) in [5.41, 5.74) is 6.86. The molecule has 1 aliphatic rings. The van der Waals surface area contributed by atoms with Gasteiger partial charge in [-0.2, -0.15) is 0 Å². The Morgan fingerprint density at radius 1 is 1.35 bits per heavy atom. The van der Waals surface area contributed by atoms with Gasteiger partial charge in [0.25, 0.3) is 0 Å². The van der Waals surface area contributed by atoms with E-state index >= 15 is 0 Å². The van der Waals surface area contributed by atoms with E-state index in [9.17, 15) is 4.79 Å². The monoisotopic (exact) mass is 340 g/mol. The molecule has 0 bridgehead atoms. The number of carbonyl (C=O) groups is 1. The minimum atomic E-state index is 0. The molecule has 3 atom stereocenters. The summed E-state index contributed by atoms with van der Waals surface area (Å²) in [6.45, 7) is 5.44. The predicted octanol–water partition coefficient (Wildman–Crippen LogP) is 3.45. The van der Waals surface area contributed by atoms with E-state index in [2.05, 4.69) is 12.2 Å². The fourth-order valence-electron chi connectivity index (χ4n) is 3.14. The molecule has 23 heavy (non-hydrogen) atoms. The Hall–Kier alpha value is -1.26. The first kappa shape index (κ1) is 19.8. The minimum Gasteiger partial charge on any atom is -0.494 e. The molecule has 1 fully saturated rings.